The van der Waals surface area contributed by atoms with Gasteiger partial charge in [0.05, 0.1) is 10.7 Å². The number of amides is 2. The molecule has 0 bridgehead atoms. The van der Waals surface area contributed by atoms with Crippen LogP contribution in [0.15, 0.2) is 42.7 Å². The lowest BCUT2D eigenvalue weighted by molar-refractivity contribution is 0.184. The first-order chi connectivity index (χ1) is 10.6. The lowest BCUT2D eigenvalue weighted by atomic mass is 10.1. The van der Waals surface area contributed by atoms with Gasteiger partial charge >= 0.3 is 6.03 Å². The van der Waals surface area contributed by atoms with Crippen LogP contribution in [0.25, 0.3) is 0 Å². The summed E-state index contributed by atoms with van der Waals surface area (Å²) < 4.78 is 2.21. The number of benzene rings is 1. The third kappa shape index (κ3) is 3.39. The van der Waals surface area contributed by atoms with Crippen LogP contribution in [0.3, 0.4) is 0 Å². The van der Waals surface area contributed by atoms with E-state index in [-0.39, 0.29) is 6.03 Å². The molecule has 0 radical (unpaired) electrons. The first kappa shape index (κ1) is 15.3. The zero-order chi connectivity index (χ0) is 15.5. The Hall–Kier alpha value is -1.65. The van der Waals surface area contributed by atoms with Crippen molar-refractivity contribution in [3.05, 3.63) is 52.8 Å². The summed E-state index contributed by atoms with van der Waals surface area (Å²) >= 11 is 11.9. The number of carbonyl (C=O) groups is 1. The molecule has 1 N–H and O–H groups in total. The average Bonchev–Trinajstić information content (AvgIpc) is 3.04. The van der Waals surface area contributed by atoms with E-state index in [4.69, 9.17) is 23.2 Å². The minimum atomic E-state index is -0.116. The SMILES string of the molecule is O=C(Nc1ccc(Cl)cc1Cl)N1CCC(n2cccc2)CC1. The van der Waals surface area contributed by atoms with Crippen molar-refractivity contribution in [2.45, 2.75) is 18.9 Å². The number of urea groups is 1. The standard InChI is InChI=1S/C16H17Cl2N3O/c17-12-3-4-15(14(18)11-12)19-16(22)21-9-5-13(6-10-21)20-7-1-2-8-20/h1-4,7-8,11,13H,5-6,9-10H2,(H,19,22). The quantitative estimate of drug-likeness (QED) is 0.849. The van der Waals surface area contributed by atoms with Gasteiger partial charge in [-0.15, -0.1) is 0 Å². The second-order valence-corrected chi connectivity index (χ2v) is 6.25. The molecule has 0 unspecified atom stereocenters. The highest BCUT2D eigenvalue weighted by molar-refractivity contribution is 6.36. The second kappa shape index (κ2) is 6.63. The fourth-order valence-corrected chi connectivity index (χ4v) is 3.20. The summed E-state index contributed by atoms with van der Waals surface area (Å²) in [6.07, 6.45) is 6.06. The Labute approximate surface area is 139 Å². The molecular weight excluding hydrogens is 321 g/mol. The van der Waals surface area contributed by atoms with Crippen LogP contribution in [0, 0.1) is 0 Å². The molecule has 6 heteroatoms. The van der Waals surface area contributed by atoms with E-state index in [1.54, 1.807) is 18.2 Å². The van der Waals surface area contributed by atoms with Crippen molar-refractivity contribution in [1.29, 1.82) is 0 Å². The van der Waals surface area contributed by atoms with Crippen LogP contribution < -0.4 is 5.32 Å². The number of nitrogens with zero attached hydrogens (tertiary/aromatic N) is 2. The van der Waals surface area contributed by atoms with Gasteiger partial charge in [-0.05, 0) is 43.2 Å². The highest BCUT2D eigenvalue weighted by atomic mass is 35.5. The van der Waals surface area contributed by atoms with Crippen LogP contribution in [0.5, 0.6) is 0 Å². The van der Waals surface area contributed by atoms with Crippen LogP contribution in [-0.4, -0.2) is 28.6 Å². The van der Waals surface area contributed by atoms with Gasteiger partial charge < -0.3 is 14.8 Å². The third-order valence-electron chi connectivity index (χ3n) is 3.97. The van der Waals surface area contributed by atoms with Crippen molar-refractivity contribution in [2.75, 3.05) is 18.4 Å². The van der Waals surface area contributed by atoms with Crippen molar-refractivity contribution < 1.29 is 4.79 Å². The number of likely N-dealkylation sites (tertiary alicyclic amines) is 1. The van der Waals surface area contributed by atoms with E-state index >= 15 is 0 Å². The maximum atomic E-state index is 12.3. The normalized spacial score (nSPS) is 15.8. The maximum Gasteiger partial charge on any atom is 0.321 e. The highest BCUT2D eigenvalue weighted by Crippen LogP contribution is 2.27. The molecule has 3 rings (SSSR count). The Morgan fingerprint density at radius 2 is 1.82 bits per heavy atom. The van der Waals surface area contributed by atoms with E-state index in [2.05, 4.69) is 22.3 Å². The zero-order valence-corrected chi connectivity index (χ0v) is 13.5. The molecule has 4 nitrogen and oxygen atoms in total. The van der Waals surface area contributed by atoms with E-state index in [0.717, 1.165) is 25.9 Å². The first-order valence-corrected chi connectivity index (χ1v) is 8.02. The van der Waals surface area contributed by atoms with Crippen LogP contribution in [-0.2, 0) is 0 Å². The number of rotatable bonds is 2. The monoisotopic (exact) mass is 337 g/mol. The van der Waals surface area contributed by atoms with Crippen LogP contribution in [0.1, 0.15) is 18.9 Å². The van der Waals surface area contributed by atoms with E-state index in [1.165, 1.54) is 0 Å². The molecule has 0 atom stereocenters. The minimum Gasteiger partial charge on any atom is -0.351 e. The summed E-state index contributed by atoms with van der Waals surface area (Å²) in [4.78, 5) is 14.1. The van der Waals surface area contributed by atoms with E-state index in [0.29, 0.717) is 21.8 Å². The molecule has 0 saturated carbocycles. The topological polar surface area (TPSA) is 37.3 Å². The summed E-state index contributed by atoms with van der Waals surface area (Å²) in [6.45, 7) is 1.47. The summed E-state index contributed by atoms with van der Waals surface area (Å²) in [5.41, 5.74) is 0.587. The Balaban J connectivity index is 1.58. The molecule has 0 aliphatic carbocycles. The van der Waals surface area contributed by atoms with Gasteiger partial charge in [0.2, 0.25) is 0 Å². The molecular formula is C16H17Cl2N3O. The number of piperidine rings is 1. The summed E-state index contributed by atoms with van der Waals surface area (Å²) in [5, 5.41) is 3.85. The lowest BCUT2D eigenvalue weighted by Gasteiger charge is -2.32. The largest absolute Gasteiger partial charge is 0.351 e. The molecule has 116 valence electrons. The second-order valence-electron chi connectivity index (χ2n) is 5.40. The third-order valence-corrected chi connectivity index (χ3v) is 4.52. The first-order valence-electron chi connectivity index (χ1n) is 7.27. The molecule has 2 heterocycles. The predicted octanol–water partition coefficient (Wildman–Crippen LogP) is 4.66. The Morgan fingerprint density at radius 3 is 2.45 bits per heavy atom. The van der Waals surface area contributed by atoms with Crippen molar-refractivity contribution in [3.63, 3.8) is 0 Å². The van der Waals surface area contributed by atoms with Crippen LogP contribution >= 0.6 is 23.2 Å². The minimum absolute atomic E-state index is 0.116. The lowest BCUT2D eigenvalue weighted by Crippen LogP contribution is -2.41. The van der Waals surface area contributed by atoms with Crippen molar-refractivity contribution in [1.82, 2.24) is 9.47 Å². The molecule has 1 aliphatic rings. The maximum absolute atomic E-state index is 12.3. The molecule has 1 aromatic carbocycles. The van der Waals surface area contributed by atoms with E-state index < -0.39 is 0 Å². The summed E-state index contributed by atoms with van der Waals surface area (Å²) in [5.74, 6) is 0. The Kier molecular flexibility index (Phi) is 4.60. The van der Waals surface area contributed by atoms with Crippen molar-refractivity contribution in [2.24, 2.45) is 0 Å². The number of aromatic nitrogens is 1. The summed E-state index contributed by atoms with van der Waals surface area (Å²) in [6, 6.07) is 9.46. The highest BCUT2D eigenvalue weighted by Gasteiger charge is 2.23. The molecule has 1 saturated heterocycles. The van der Waals surface area contributed by atoms with Gasteiger partial charge in [0.25, 0.3) is 0 Å². The number of hydrogen-bond acceptors (Lipinski definition) is 1. The molecule has 1 aliphatic heterocycles. The van der Waals surface area contributed by atoms with Gasteiger partial charge in [-0.25, -0.2) is 4.79 Å². The number of nitrogens with one attached hydrogen (secondary N) is 1. The smallest absolute Gasteiger partial charge is 0.321 e. The molecule has 22 heavy (non-hydrogen) atoms. The van der Waals surface area contributed by atoms with Gasteiger partial charge in [-0.2, -0.15) is 0 Å². The number of carbonyl (C=O) groups excluding carboxylic acids is 1. The van der Waals surface area contributed by atoms with Crippen molar-refractivity contribution in [3.8, 4) is 0 Å². The van der Waals surface area contributed by atoms with Crippen LogP contribution in [0.2, 0.25) is 10.0 Å². The van der Waals surface area contributed by atoms with Gasteiger partial charge in [0.15, 0.2) is 0 Å². The van der Waals surface area contributed by atoms with Gasteiger partial charge in [0.1, 0.15) is 0 Å². The Morgan fingerprint density at radius 1 is 1.14 bits per heavy atom. The predicted molar refractivity (Wildman–Crippen MR) is 89.8 cm³/mol. The van der Waals surface area contributed by atoms with Gasteiger partial charge in [-0.3, -0.25) is 0 Å². The number of hydrogen-bond donors (Lipinski definition) is 1. The number of anilines is 1. The zero-order valence-electron chi connectivity index (χ0n) is 12.0. The molecule has 2 amide bonds. The van der Waals surface area contributed by atoms with Gasteiger partial charge in [0, 0.05) is 36.5 Å². The van der Waals surface area contributed by atoms with Gasteiger partial charge in [-0.1, -0.05) is 23.2 Å². The van der Waals surface area contributed by atoms with Crippen LogP contribution in [0.4, 0.5) is 10.5 Å². The molecule has 0 spiro atoms. The average molecular weight is 338 g/mol. The fraction of sp³-hybridized carbons (Fsp3) is 0.312. The van der Waals surface area contributed by atoms with E-state index in [1.807, 2.05) is 17.0 Å². The Bertz CT molecular complexity index is 649. The fourth-order valence-electron chi connectivity index (χ4n) is 2.74. The van der Waals surface area contributed by atoms with Crippen molar-refractivity contribution >= 4 is 34.9 Å². The molecule has 1 aromatic heterocycles. The summed E-state index contributed by atoms with van der Waals surface area (Å²) in [7, 11) is 0. The van der Waals surface area contributed by atoms with E-state index in [9.17, 15) is 4.79 Å². The number of halogens is 2. The molecule has 1 fully saturated rings. The molecule has 2 aromatic rings.